The Morgan fingerprint density at radius 3 is 1.84 bits per heavy atom. The van der Waals surface area contributed by atoms with E-state index in [4.69, 9.17) is 15.3 Å². The summed E-state index contributed by atoms with van der Waals surface area (Å²) in [6.45, 7) is 3.34. The molecule has 0 fully saturated rings. The summed E-state index contributed by atoms with van der Waals surface area (Å²) in [7, 11) is 5.66. The summed E-state index contributed by atoms with van der Waals surface area (Å²) in [5, 5.41) is 36.0. The number of aliphatic carboxylic acids is 2. The molecule has 0 bridgehead atoms. The van der Waals surface area contributed by atoms with Crippen molar-refractivity contribution < 1.29 is 34.5 Å². The minimum atomic E-state index is -1.20. The molecule has 19 heavy (non-hydrogen) atoms. The highest BCUT2D eigenvalue weighted by molar-refractivity contribution is 5.67. The van der Waals surface area contributed by atoms with Crippen molar-refractivity contribution in [2.45, 2.75) is 38.4 Å². The molecule has 1 atom stereocenters. The van der Waals surface area contributed by atoms with E-state index in [-0.39, 0.29) is 12.8 Å². The van der Waals surface area contributed by atoms with Crippen molar-refractivity contribution in [1.29, 1.82) is 0 Å². The van der Waals surface area contributed by atoms with E-state index in [2.05, 4.69) is 0 Å². The Kier molecular flexibility index (Phi) is 8.57. The zero-order chi connectivity index (χ0) is 15.9. The standard InChI is InChI=1S/C7H15NO3.C5H10O3/c1-8(2,3)5-6(9)4-7(10)11;1-5(2,8)3-4(6)7/h6,9H,4-5H2,1-3H3;8H,3H2,1-2H3,(H,6,7). The third-order valence-electron chi connectivity index (χ3n) is 1.74. The van der Waals surface area contributed by atoms with Gasteiger partial charge in [-0.3, -0.25) is 4.79 Å². The molecule has 1 unspecified atom stereocenters. The highest BCUT2D eigenvalue weighted by Crippen LogP contribution is 2.05. The molecule has 0 aliphatic heterocycles. The zero-order valence-electron chi connectivity index (χ0n) is 12.2. The fraction of sp³-hybridized carbons (Fsp3) is 0.833. The van der Waals surface area contributed by atoms with E-state index in [0.29, 0.717) is 11.0 Å². The monoisotopic (exact) mass is 279 g/mol. The summed E-state index contributed by atoms with van der Waals surface area (Å²) < 4.78 is 0.550. The average Bonchev–Trinajstić information content (AvgIpc) is 1.91. The van der Waals surface area contributed by atoms with E-state index in [9.17, 15) is 14.7 Å². The average molecular weight is 279 g/mol. The quantitative estimate of drug-likeness (QED) is 0.505. The molecule has 0 amide bonds. The van der Waals surface area contributed by atoms with Crippen LogP contribution in [0.5, 0.6) is 0 Å². The lowest BCUT2D eigenvalue weighted by atomic mass is 10.1. The summed E-state index contributed by atoms with van der Waals surface area (Å²) in [6, 6.07) is 0. The Morgan fingerprint density at radius 2 is 1.68 bits per heavy atom. The van der Waals surface area contributed by atoms with Crippen LogP contribution in [-0.2, 0) is 9.59 Å². The Morgan fingerprint density at radius 1 is 1.26 bits per heavy atom. The van der Waals surface area contributed by atoms with Crippen LogP contribution in [0.25, 0.3) is 0 Å². The number of quaternary nitrogens is 1. The Hall–Kier alpha value is -1.18. The van der Waals surface area contributed by atoms with Crippen LogP contribution >= 0.6 is 0 Å². The molecule has 114 valence electrons. The van der Waals surface area contributed by atoms with Crippen LogP contribution in [0.1, 0.15) is 26.7 Å². The molecule has 0 aromatic heterocycles. The molecule has 0 aromatic rings. The molecule has 7 heteroatoms. The van der Waals surface area contributed by atoms with Gasteiger partial charge in [-0.25, -0.2) is 0 Å². The lowest BCUT2D eigenvalue weighted by Gasteiger charge is -2.26. The molecular formula is C12H25NO6. The molecule has 0 spiro atoms. The summed E-state index contributed by atoms with van der Waals surface area (Å²) in [5.41, 5.74) is -1.08. The SMILES string of the molecule is CC(C)(O)CC(=O)O.C[N+](C)(C)CC(O)CC(=O)[O-]. The maximum Gasteiger partial charge on any atom is 0.306 e. The maximum atomic E-state index is 10.0. The molecule has 3 N–H and O–H groups in total. The lowest BCUT2D eigenvalue weighted by Crippen LogP contribution is -2.43. The predicted octanol–water partition coefficient (Wildman–Crippen LogP) is -1.57. The summed E-state index contributed by atoms with van der Waals surface area (Å²) in [6.07, 6.45) is -1.29. The number of carbonyl (C=O) groups excluding carboxylic acids is 1. The fourth-order valence-electron chi connectivity index (χ4n) is 1.26. The predicted molar refractivity (Wildman–Crippen MR) is 67.1 cm³/mol. The third-order valence-corrected chi connectivity index (χ3v) is 1.74. The van der Waals surface area contributed by atoms with E-state index in [1.165, 1.54) is 13.8 Å². The van der Waals surface area contributed by atoms with Gasteiger partial charge in [-0.2, -0.15) is 0 Å². The normalized spacial score (nSPS) is 13.2. The minimum Gasteiger partial charge on any atom is -0.550 e. The number of likely N-dealkylation sites (N-methyl/N-ethyl adjacent to an activating group) is 1. The first-order chi connectivity index (χ1) is 8.23. The molecule has 0 saturated carbocycles. The molecule has 0 aliphatic carbocycles. The maximum absolute atomic E-state index is 10.0. The number of aliphatic hydroxyl groups is 2. The van der Waals surface area contributed by atoms with Crippen LogP contribution in [0.3, 0.4) is 0 Å². The summed E-state index contributed by atoms with van der Waals surface area (Å²) in [4.78, 5) is 19.9. The van der Waals surface area contributed by atoms with Crippen LogP contribution in [0.2, 0.25) is 0 Å². The number of hydrogen-bond acceptors (Lipinski definition) is 5. The number of carbonyl (C=O) groups is 2. The number of hydrogen-bond donors (Lipinski definition) is 3. The molecule has 0 rings (SSSR count). The van der Waals surface area contributed by atoms with E-state index < -0.39 is 23.6 Å². The molecule has 0 saturated heterocycles. The van der Waals surface area contributed by atoms with Crippen LogP contribution in [0.4, 0.5) is 0 Å². The van der Waals surface area contributed by atoms with Gasteiger partial charge in [0, 0.05) is 12.4 Å². The van der Waals surface area contributed by atoms with Gasteiger partial charge in [0.25, 0.3) is 0 Å². The van der Waals surface area contributed by atoms with E-state index in [0.717, 1.165) is 0 Å². The number of rotatable bonds is 6. The highest BCUT2D eigenvalue weighted by atomic mass is 16.4. The van der Waals surface area contributed by atoms with E-state index in [1.54, 1.807) is 0 Å². The topological polar surface area (TPSA) is 118 Å². The van der Waals surface area contributed by atoms with Crippen LogP contribution in [0.15, 0.2) is 0 Å². The molecule has 0 heterocycles. The van der Waals surface area contributed by atoms with Gasteiger partial charge < -0.3 is 29.7 Å². The Labute approximate surface area is 113 Å². The molecule has 7 nitrogen and oxygen atoms in total. The smallest absolute Gasteiger partial charge is 0.306 e. The van der Waals surface area contributed by atoms with Crippen molar-refractivity contribution in [1.82, 2.24) is 0 Å². The number of carboxylic acid groups (broad SMARTS) is 2. The van der Waals surface area contributed by atoms with Gasteiger partial charge in [0.1, 0.15) is 12.6 Å². The Balaban J connectivity index is 0. The van der Waals surface area contributed by atoms with Crippen molar-refractivity contribution >= 4 is 11.9 Å². The van der Waals surface area contributed by atoms with Crippen molar-refractivity contribution in [2.24, 2.45) is 0 Å². The van der Waals surface area contributed by atoms with Gasteiger partial charge in [0.2, 0.25) is 0 Å². The first-order valence-electron chi connectivity index (χ1n) is 5.85. The highest BCUT2D eigenvalue weighted by Gasteiger charge is 2.16. The zero-order valence-corrected chi connectivity index (χ0v) is 12.2. The number of nitrogens with zero attached hydrogens (tertiary/aromatic N) is 1. The van der Waals surface area contributed by atoms with E-state index in [1.807, 2.05) is 21.1 Å². The summed E-state index contributed by atoms with van der Waals surface area (Å²) in [5.74, 6) is -2.18. The number of aliphatic hydroxyl groups excluding tert-OH is 1. The second kappa shape index (κ2) is 8.08. The van der Waals surface area contributed by atoms with Gasteiger partial charge in [0.15, 0.2) is 0 Å². The molecular weight excluding hydrogens is 254 g/mol. The second-order valence-electron chi connectivity index (χ2n) is 6.09. The number of carboxylic acids is 2. The third kappa shape index (κ3) is 22.5. The van der Waals surface area contributed by atoms with Crippen LogP contribution in [-0.4, -0.2) is 71.1 Å². The van der Waals surface area contributed by atoms with Gasteiger partial charge >= 0.3 is 5.97 Å². The Bertz CT molecular complexity index is 290. The van der Waals surface area contributed by atoms with Crippen molar-refractivity contribution in [3.8, 4) is 0 Å². The second-order valence-corrected chi connectivity index (χ2v) is 6.09. The van der Waals surface area contributed by atoms with Crippen molar-refractivity contribution in [3.05, 3.63) is 0 Å². The van der Waals surface area contributed by atoms with Gasteiger partial charge in [0.05, 0.1) is 33.2 Å². The van der Waals surface area contributed by atoms with Crippen molar-refractivity contribution in [3.63, 3.8) is 0 Å². The van der Waals surface area contributed by atoms with Gasteiger partial charge in [-0.1, -0.05) is 0 Å². The summed E-state index contributed by atoms with van der Waals surface area (Å²) >= 11 is 0. The van der Waals surface area contributed by atoms with Gasteiger partial charge in [-0.15, -0.1) is 0 Å². The van der Waals surface area contributed by atoms with Crippen molar-refractivity contribution in [2.75, 3.05) is 27.7 Å². The first kappa shape index (κ1) is 20.1. The molecule has 0 aromatic carbocycles. The lowest BCUT2D eigenvalue weighted by molar-refractivity contribution is -0.873. The molecule has 0 radical (unpaired) electrons. The van der Waals surface area contributed by atoms with Gasteiger partial charge in [-0.05, 0) is 13.8 Å². The fourth-order valence-corrected chi connectivity index (χ4v) is 1.26. The van der Waals surface area contributed by atoms with Crippen LogP contribution in [0, 0.1) is 0 Å². The molecule has 0 aliphatic rings. The van der Waals surface area contributed by atoms with Crippen LogP contribution < -0.4 is 5.11 Å². The first-order valence-corrected chi connectivity index (χ1v) is 5.85. The largest absolute Gasteiger partial charge is 0.550 e. The van der Waals surface area contributed by atoms with E-state index >= 15 is 0 Å². The minimum absolute atomic E-state index is 0.201.